The van der Waals surface area contributed by atoms with Crippen LogP contribution in [0.2, 0.25) is 0 Å². The van der Waals surface area contributed by atoms with Crippen LogP contribution in [0.1, 0.15) is 38.5 Å². The van der Waals surface area contributed by atoms with Gasteiger partial charge in [0.05, 0.1) is 6.10 Å². The van der Waals surface area contributed by atoms with Crippen LogP contribution >= 0.6 is 12.6 Å². The topological polar surface area (TPSA) is 20.2 Å². The maximum atomic E-state index is 9.64. The highest BCUT2D eigenvalue weighted by atomic mass is 32.1. The van der Waals surface area contributed by atoms with Gasteiger partial charge in [0.1, 0.15) is 0 Å². The van der Waals surface area contributed by atoms with Crippen LogP contribution in [0, 0.1) is 11.8 Å². The highest BCUT2D eigenvalue weighted by Crippen LogP contribution is 2.41. The van der Waals surface area contributed by atoms with Crippen LogP contribution < -0.4 is 0 Å². The average Bonchev–Trinajstić information content (AvgIpc) is 2.07. The van der Waals surface area contributed by atoms with E-state index in [2.05, 4.69) is 12.6 Å². The lowest BCUT2D eigenvalue weighted by Gasteiger charge is -2.40. The van der Waals surface area contributed by atoms with Gasteiger partial charge in [0.15, 0.2) is 0 Å². The van der Waals surface area contributed by atoms with Crippen LogP contribution in [-0.4, -0.2) is 16.5 Å². The Morgan fingerprint density at radius 2 is 1.58 bits per heavy atom. The summed E-state index contributed by atoms with van der Waals surface area (Å²) in [4.78, 5) is 0. The third-order valence-electron chi connectivity index (χ3n) is 3.60. The van der Waals surface area contributed by atoms with Gasteiger partial charge < -0.3 is 5.11 Å². The standard InChI is InChI=1S/C10H18OS/c11-9-5-7-3-1-2-4-8(7)6-10(9)12/h7-12H,1-6H2/t7-,8-,9-,10-/m1/s1. The van der Waals surface area contributed by atoms with E-state index in [1.54, 1.807) is 0 Å². The summed E-state index contributed by atoms with van der Waals surface area (Å²) in [6.45, 7) is 0. The zero-order valence-corrected chi connectivity index (χ0v) is 8.34. The molecule has 0 bridgehead atoms. The largest absolute Gasteiger partial charge is 0.392 e. The molecule has 70 valence electrons. The van der Waals surface area contributed by atoms with E-state index in [0.717, 1.165) is 24.7 Å². The molecule has 2 saturated carbocycles. The summed E-state index contributed by atoms with van der Waals surface area (Å²) in [5.74, 6) is 1.70. The number of aliphatic hydroxyl groups is 1. The molecular formula is C10H18OS. The normalized spacial score (nSPS) is 48.5. The number of fused-ring (bicyclic) bond motifs is 1. The first kappa shape index (κ1) is 8.89. The maximum Gasteiger partial charge on any atom is 0.0659 e. The number of hydrogen-bond donors (Lipinski definition) is 2. The molecule has 0 aliphatic heterocycles. The molecule has 2 fully saturated rings. The third-order valence-corrected chi connectivity index (χ3v) is 4.15. The van der Waals surface area contributed by atoms with Crippen molar-refractivity contribution in [2.24, 2.45) is 11.8 Å². The lowest BCUT2D eigenvalue weighted by Crippen LogP contribution is -2.37. The van der Waals surface area contributed by atoms with E-state index in [1.807, 2.05) is 0 Å². The molecule has 0 radical (unpaired) electrons. The Hall–Kier alpha value is 0.310. The Kier molecular flexibility index (Phi) is 2.66. The molecule has 1 nitrogen and oxygen atoms in total. The highest BCUT2D eigenvalue weighted by molar-refractivity contribution is 7.81. The third kappa shape index (κ3) is 1.64. The van der Waals surface area contributed by atoms with E-state index >= 15 is 0 Å². The molecule has 2 aliphatic rings. The van der Waals surface area contributed by atoms with Crippen LogP contribution in [0.25, 0.3) is 0 Å². The number of hydrogen-bond acceptors (Lipinski definition) is 2. The molecule has 0 aromatic carbocycles. The van der Waals surface area contributed by atoms with Crippen molar-refractivity contribution in [3.05, 3.63) is 0 Å². The summed E-state index contributed by atoms with van der Waals surface area (Å²) in [5, 5.41) is 9.89. The van der Waals surface area contributed by atoms with Crippen LogP contribution in [0.5, 0.6) is 0 Å². The Balaban J connectivity index is 1.98. The van der Waals surface area contributed by atoms with E-state index in [4.69, 9.17) is 0 Å². The molecule has 0 saturated heterocycles. The second-order valence-electron chi connectivity index (χ2n) is 4.41. The quantitative estimate of drug-likeness (QED) is 0.556. The van der Waals surface area contributed by atoms with E-state index in [1.165, 1.54) is 25.7 Å². The Bertz CT molecular complexity index is 142. The first-order valence-corrected chi connectivity index (χ1v) is 5.65. The van der Waals surface area contributed by atoms with Crippen molar-refractivity contribution >= 4 is 12.6 Å². The van der Waals surface area contributed by atoms with E-state index in [-0.39, 0.29) is 11.4 Å². The van der Waals surface area contributed by atoms with Gasteiger partial charge in [-0.1, -0.05) is 25.7 Å². The predicted molar refractivity (Wildman–Crippen MR) is 53.5 cm³/mol. The van der Waals surface area contributed by atoms with Crippen LogP contribution in [0.4, 0.5) is 0 Å². The minimum atomic E-state index is -0.132. The maximum absolute atomic E-state index is 9.64. The summed E-state index contributed by atoms with van der Waals surface area (Å²) >= 11 is 4.42. The second-order valence-corrected chi connectivity index (χ2v) is 5.07. The molecule has 0 aromatic rings. The number of rotatable bonds is 0. The van der Waals surface area contributed by atoms with Gasteiger partial charge >= 0.3 is 0 Å². The molecule has 0 aromatic heterocycles. The van der Waals surface area contributed by atoms with Crippen molar-refractivity contribution < 1.29 is 5.11 Å². The molecular weight excluding hydrogens is 168 g/mol. The first-order chi connectivity index (χ1) is 5.77. The lowest BCUT2D eigenvalue weighted by atomic mass is 9.70. The molecule has 0 unspecified atom stereocenters. The van der Waals surface area contributed by atoms with Gasteiger partial charge in [-0.3, -0.25) is 0 Å². The molecule has 2 heteroatoms. The van der Waals surface area contributed by atoms with Crippen molar-refractivity contribution in [2.75, 3.05) is 0 Å². The van der Waals surface area contributed by atoms with Gasteiger partial charge in [-0.05, 0) is 24.7 Å². The fourth-order valence-electron chi connectivity index (χ4n) is 2.84. The molecule has 2 aliphatic carbocycles. The molecule has 12 heavy (non-hydrogen) atoms. The van der Waals surface area contributed by atoms with Crippen molar-refractivity contribution in [1.29, 1.82) is 0 Å². The minimum Gasteiger partial charge on any atom is -0.392 e. The summed E-state index contributed by atoms with van der Waals surface area (Å²) in [5.41, 5.74) is 0. The van der Waals surface area contributed by atoms with Gasteiger partial charge in [-0.15, -0.1) is 0 Å². The zero-order chi connectivity index (χ0) is 8.55. The SMILES string of the molecule is O[C@@H]1C[C@H]2CCCC[C@@H]2C[C@H]1S. The molecule has 2 rings (SSSR count). The lowest BCUT2D eigenvalue weighted by molar-refractivity contribution is 0.0555. The minimum absolute atomic E-state index is 0.132. The van der Waals surface area contributed by atoms with Crippen LogP contribution in [0.3, 0.4) is 0 Å². The smallest absolute Gasteiger partial charge is 0.0659 e. The van der Waals surface area contributed by atoms with Gasteiger partial charge in [0.25, 0.3) is 0 Å². The molecule has 0 amide bonds. The summed E-state index contributed by atoms with van der Waals surface area (Å²) < 4.78 is 0. The highest BCUT2D eigenvalue weighted by Gasteiger charge is 2.35. The molecule has 1 N–H and O–H groups in total. The molecule has 4 atom stereocenters. The number of thiol groups is 1. The van der Waals surface area contributed by atoms with Crippen LogP contribution in [-0.2, 0) is 0 Å². The van der Waals surface area contributed by atoms with Crippen molar-refractivity contribution in [2.45, 2.75) is 49.9 Å². The van der Waals surface area contributed by atoms with Gasteiger partial charge in [0, 0.05) is 5.25 Å². The van der Waals surface area contributed by atoms with Gasteiger partial charge in [-0.25, -0.2) is 0 Å². The Labute approximate surface area is 80.0 Å². The number of aliphatic hydroxyl groups excluding tert-OH is 1. The summed E-state index contributed by atoms with van der Waals surface area (Å²) in [6.07, 6.45) is 7.54. The van der Waals surface area contributed by atoms with E-state index in [0.29, 0.717) is 0 Å². The molecule has 0 spiro atoms. The summed E-state index contributed by atoms with van der Waals surface area (Å²) in [7, 11) is 0. The van der Waals surface area contributed by atoms with Crippen LogP contribution in [0.15, 0.2) is 0 Å². The average molecular weight is 186 g/mol. The van der Waals surface area contributed by atoms with Gasteiger partial charge in [-0.2, -0.15) is 12.6 Å². The zero-order valence-electron chi connectivity index (χ0n) is 7.45. The summed E-state index contributed by atoms with van der Waals surface area (Å²) in [6, 6.07) is 0. The van der Waals surface area contributed by atoms with Gasteiger partial charge in [0.2, 0.25) is 0 Å². The van der Waals surface area contributed by atoms with E-state index < -0.39 is 0 Å². The first-order valence-electron chi connectivity index (χ1n) is 5.13. The Morgan fingerprint density at radius 3 is 2.25 bits per heavy atom. The predicted octanol–water partition coefficient (Wildman–Crippen LogP) is 2.25. The monoisotopic (exact) mass is 186 g/mol. The second kappa shape index (κ2) is 3.59. The van der Waals surface area contributed by atoms with Crippen molar-refractivity contribution in [1.82, 2.24) is 0 Å². The molecule has 0 heterocycles. The fraction of sp³-hybridized carbons (Fsp3) is 1.00. The van der Waals surface area contributed by atoms with Crippen molar-refractivity contribution in [3.8, 4) is 0 Å². The van der Waals surface area contributed by atoms with Crippen molar-refractivity contribution in [3.63, 3.8) is 0 Å². The van der Waals surface area contributed by atoms with E-state index in [9.17, 15) is 5.11 Å². The Morgan fingerprint density at radius 1 is 1.00 bits per heavy atom. The fourth-order valence-corrected chi connectivity index (χ4v) is 3.23.